The molecule has 0 radical (unpaired) electrons. The van der Waals surface area contributed by atoms with Crippen LogP contribution in [0, 0.1) is 0 Å². The highest BCUT2D eigenvalue weighted by Crippen LogP contribution is 2.41. The number of hydrazine groups is 1. The minimum absolute atomic E-state index is 0.0261. The number of methoxy groups -OCH3 is 1. The Labute approximate surface area is 128 Å². The Morgan fingerprint density at radius 2 is 2.18 bits per heavy atom. The van der Waals surface area contributed by atoms with E-state index < -0.39 is 24.2 Å². The highest BCUT2D eigenvalue weighted by molar-refractivity contribution is 6.31. The van der Waals surface area contributed by atoms with Crippen LogP contribution in [0.5, 0.6) is 5.75 Å². The Bertz CT molecular complexity index is 635. The van der Waals surface area contributed by atoms with Gasteiger partial charge in [-0.15, -0.1) is 0 Å². The van der Waals surface area contributed by atoms with Gasteiger partial charge in [-0.2, -0.15) is 13.2 Å². The molecule has 1 amide bonds. The van der Waals surface area contributed by atoms with E-state index in [1.807, 2.05) is 0 Å². The molecular formula is C13H12ClF3N2O3. The van der Waals surface area contributed by atoms with Gasteiger partial charge in [-0.25, -0.2) is 5.01 Å². The van der Waals surface area contributed by atoms with Crippen molar-refractivity contribution < 1.29 is 27.8 Å². The quantitative estimate of drug-likeness (QED) is 0.871. The standard InChI is InChI=1S/C13H12ClF3N2O3/c1-7-6-12(21,13(15,16)17)19(18-7)11(20)9-5-8(14)3-4-10(9)22-2/h3-5,18,21H,1,6H2,2H3. The van der Waals surface area contributed by atoms with Gasteiger partial charge in [-0.1, -0.05) is 18.2 Å². The number of rotatable bonds is 2. The monoisotopic (exact) mass is 336 g/mol. The number of ether oxygens (including phenoxy) is 1. The molecule has 1 saturated heterocycles. The number of nitrogens with zero attached hydrogens (tertiary/aromatic N) is 1. The van der Waals surface area contributed by atoms with Gasteiger partial charge in [0.1, 0.15) is 5.75 Å². The number of nitrogens with one attached hydrogen (secondary N) is 1. The van der Waals surface area contributed by atoms with Crippen LogP contribution >= 0.6 is 11.6 Å². The van der Waals surface area contributed by atoms with Gasteiger partial charge in [0, 0.05) is 17.1 Å². The number of benzene rings is 1. The SMILES string of the molecule is C=C1CC(O)(C(F)(F)F)N(C(=O)c2cc(Cl)ccc2OC)N1. The van der Waals surface area contributed by atoms with Crippen LogP contribution in [0.25, 0.3) is 0 Å². The molecule has 2 N–H and O–H groups in total. The molecule has 1 aromatic rings. The zero-order valence-corrected chi connectivity index (χ0v) is 12.1. The van der Waals surface area contributed by atoms with E-state index in [0.717, 1.165) is 6.07 Å². The maximum Gasteiger partial charge on any atom is 0.438 e. The van der Waals surface area contributed by atoms with Crippen LogP contribution in [-0.2, 0) is 0 Å². The average Bonchev–Trinajstić information content (AvgIpc) is 2.74. The Hall–Kier alpha value is -1.93. The minimum atomic E-state index is -5.07. The van der Waals surface area contributed by atoms with Gasteiger partial charge in [0.15, 0.2) is 0 Å². The minimum Gasteiger partial charge on any atom is -0.496 e. The molecule has 5 nitrogen and oxygen atoms in total. The van der Waals surface area contributed by atoms with Crippen LogP contribution in [0.3, 0.4) is 0 Å². The summed E-state index contributed by atoms with van der Waals surface area (Å²) in [6, 6.07) is 3.92. The Kier molecular flexibility index (Phi) is 4.01. The van der Waals surface area contributed by atoms with Crippen LogP contribution in [-0.4, -0.2) is 35.0 Å². The van der Waals surface area contributed by atoms with E-state index in [1.165, 1.54) is 19.2 Å². The first-order valence-electron chi connectivity index (χ1n) is 6.02. The molecule has 22 heavy (non-hydrogen) atoms. The predicted octanol–water partition coefficient (Wildman–Crippen LogP) is 2.46. The molecular weight excluding hydrogens is 325 g/mol. The Balaban J connectivity index is 2.48. The van der Waals surface area contributed by atoms with Crippen molar-refractivity contribution in [2.45, 2.75) is 18.3 Å². The largest absolute Gasteiger partial charge is 0.496 e. The summed E-state index contributed by atoms with van der Waals surface area (Å²) in [6.07, 6.45) is -5.94. The maximum absolute atomic E-state index is 13.1. The third-order valence-electron chi connectivity index (χ3n) is 3.15. The van der Waals surface area contributed by atoms with Crippen LogP contribution in [0.1, 0.15) is 16.8 Å². The molecule has 9 heteroatoms. The molecule has 0 aliphatic carbocycles. The van der Waals surface area contributed by atoms with Crippen molar-refractivity contribution in [3.05, 3.63) is 41.1 Å². The van der Waals surface area contributed by atoms with E-state index in [9.17, 15) is 23.1 Å². The molecule has 1 unspecified atom stereocenters. The number of carbonyl (C=O) groups excluding carboxylic acids is 1. The summed E-state index contributed by atoms with van der Waals surface area (Å²) < 4.78 is 44.3. The van der Waals surface area contributed by atoms with Gasteiger partial charge in [0.25, 0.3) is 11.6 Å². The lowest BCUT2D eigenvalue weighted by Crippen LogP contribution is -2.59. The number of carbonyl (C=O) groups is 1. The summed E-state index contributed by atoms with van der Waals surface area (Å²) in [7, 11) is 1.26. The lowest BCUT2D eigenvalue weighted by atomic mass is 10.1. The molecule has 1 atom stereocenters. The number of halogens is 4. The topological polar surface area (TPSA) is 61.8 Å². The van der Waals surface area contributed by atoms with E-state index in [0.29, 0.717) is 0 Å². The third kappa shape index (κ3) is 2.59. The summed E-state index contributed by atoms with van der Waals surface area (Å²) in [5, 5.41) is 10.1. The molecule has 1 aromatic carbocycles. The molecule has 1 aliphatic rings. The van der Waals surface area contributed by atoms with Crippen molar-refractivity contribution in [1.82, 2.24) is 10.4 Å². The number of hydrogen-bond donors (Lipinski definition) is 2. The van der Waals surface area contributed by atoms with Gasteiger partial charge in [-0.05, 0) is 18.2 Å². The maximum atomic E-state index is 13.1. The highest BCUT2D eigenvalue weighted by Gasteiger charge is 2.63. The number of alkyl halides is 3. The lowest BCUT2D eigenvalue weighted by Gasteiger charge is -2.33. The van der Waals surface area contributed by atoms with Gasteiger partial charge >= 0.3 is 6.18 Å². The molecule has 0 saturated carbocycles. The van der Waals surface area contributed by atoms with Crippen molar-refractivity contribution in [1.29, 1.82) is 0 Å². The first kappa shape index (κ1) is 16.4. The fourth-order valence-electron chi connectivity index (χ4n) is 2.08. The lowest BCUT2D eigenvalue weighted by molar-refractivity contribution is -0.299. The number of amides is 1. The van der Waals surface area contributed by atoms with E-state index in [4.69, 9.17) is 16.3 Å². The molecule has 1 aliphatic heterocycles. The van der Waals surface area contributed by atoms with Crippen LogP contribution in [0.2, 0.25) is 5.02 Å². The molecule has 1 heterocycles. The summed E-state index contributed by atoms with van der Waals surface area (Å²) in [6.45, 7) is 3.33. The van der Waals surface area contributed by atoms with Crippen molar-refractivity contribution in [3.8, 4) is 5.75 Å². The first-order valence-corrected chi connectivity index (χ1v) is 6.39. The second-order valence-electron chi connectivity index (χ2n) is 4.69. The fraction of sp³-hybridized carbons (Fsp3) is 0.308. The van der Waals surface area contributed by atoms with Crippen molar-refractivity contribution >= 4 is 17.5 Å². The second kappa shape index (κ2) is 5.36. The van der Waals surface area contributed by atoms with Gasteiger partial charge in [-0.3, -0.25) is 10.2 Å². The zero-order valence-electron chi connectivity index (χ0n) is 11.4. The van der Waals surface area contributed by atoms with E-state index in [2.05, 4.69) is 12.0 Å². The fourth-order valence-corrected chi connectivity index (χ4v) is 2.25. The van der Waals surface area contributed by atoms with Gasteiger partial charge in [0.2, 0.25) is 0 Å². The Morgan fingerprint density at radius 1 is 1.55 bits per heavy atom. The van der Waals surface area contributed by atoms with E-state index in [-0.39, 0.29) is 27.0 Å². The smallest absolute Gasteiger partial charge is 0.438 e. The van der Waals surface area contributed by atoms with E-state index in [1.54, 1.807) is 0 Å². The van der Waals surface area contributed by atoms with Gasteiger partial charge < -0.3 is 9.84 Å². The highest BCUT2D eigenvalue weighted by atomic mass is 35.5. The average molecular weight is 337 g/mol. The van der Waals surface area contributed by atoms with Crippen molar-refractivity contribution in [2.24, 2.45) is 0 Å². The van der Waals surface area contributed by atoms with E-state index >= 15 is 0 Å². The van der Waals surface area contributed by atoms with Crippen LogP contribution in [0.15, 0.2) is 30.5 Å². The molecule has 0 aromatic heterocycles. The molecule has 0 bridgehead atoms. The molecule has 120 valence electrons. The number of hydrogen-bond acceptors (Lipinski definition) is 4. The number of aliphatic hydroxyl groups is 1. The molecule has 2 rings (SSSR count). The molecule has 0 spiro atoms. The first-order chi connectivity index (χ1) is 10.1. The van der Waals surface area contributed by atoms with Crippen molar-refractivity contribution in [2.75, 3.05) is 7.11 Å². The summed E-state index contributed by atoms with van der Waals surface area (Å²) >= 11 is 5.77. The van der Waals surface area contributed by atoms with Crippen molar-refractivity contribution in [3.63, 3.8) is 0 Å². The van der Waals surface area contributed by atoms with Crippen LogP contribution in [0.4, 0.5) is 13.2 Å². The van der Waals surface area contributed by atoms with Gasteiger partial charge in [0.05, 0.1) is 12.7 Å². The van der Waals surface area contributed by atoms with Crippen LogP contribution < -0.4 is 10.2 Å². The Morgan fingerprint density at radius 3 is 2.73 bits per heavy atom. The third-order valence-corrected chi connectivity index (χ3v) is 3.38. The summed E-state index contributed by atoms with van der Waals surface area (Å²) in [5.41, 5.74) is -1.62. The zero-order chi connectivity index (χ0) is 16.7. The summed E-state index contributed by atoms with van der Waals surface area (Å²) in [5.74, 6) is -1.11. The molecule has 1 fully saturated rings. The predicted molar refractivity (Wildman–Crippen MR) is 72.1 cm³/mol. The second-order valence-corrected chi connectivity index (χ2v) is 5.13. The normalized spacial score (nSPS) is 21.7. The summed E-state index contributed by atoms with van der Waals surface area (Å²) in [4.78, 5) is 12.4.